The number of methoxy groups -OCH3 is 1. The second-order valence-electron chi connectivity index (χ2n) is 7.12. The largest absolute Gasteiger partial charge is 0.493 e. The molecule has 29 heavy (non-hydrogen) atoms. The molecule has 1 aromatic heterocycles. The van der Waals surface area contributed by atoms with Crippen LogP contribution in [0.1, 0.15) is 55.9 Å². The zero-order valence-corrected chi connectivity index (χ0v) is 16.4. The zero-order chi connectivity index (χ0) is 21.0. The molecular formula is C20H23F2N3O4. The summed E-state index contributed by atoms with van der Waals surface area (Å²) in [6.45, 7) is 0.944. The lowest BCUT2D eigenvalue weighted by Crippen LogP contribution is -2.30. The molecule has 1 unspecified atom stereocenters. The highest BCUT2D eigenvalue weighted by molar-refractivity contribution is 5.92. The number of alkyl halides is 2. The molecule has 1 aromatic carbocycles. The van der Waals surface area contributed by atoms with E-state index in [0.29, 0.717) is 23.2 Å². The third kappa shape index (κ3) is 5.52. The number of carbonyl (C=O) groups excluding carboxylic acids is 1. The summed E-state index contributed by atoms with van der Waals surface area (Å²) < 4.78 is 39.6. The molecule has 7 nitrogen and oxygen atoms in total. The van der Waals surface area contributed by atoms with E-state index in [1.165, 1.54) is 25.3 Å². The molecule has 1 aliphatic rings. The molecule has 0 saturated heterocycles. The van der Waals surface area contributed by atoms with Crippen LogP contribution in [0, 0.1) is 5.92 Å². The number of rotatable bonds is 9. The van der Waals surface area contributed by atoms with Crippen molar-refractivity contribution in [3.05, 3.63) is 41.6 Å². The van der Waals surface area contributed by atoms with Gasteiger partial charge in [0.05, 0.1) is 7.11 Å². The van der Waals surface area contributed by atoms with Gasteiger partial charge in [-0.15, -0.1) is 0 Å². The molecule has 156 valence electrons. The number of nitrogens with zero attached hydrogens (tertiary/aromatic N) is 2. The average Bonchev–Trinajstić information content (AvgIpc) is 3.42. The lowest BCUT2D eigenvalue weighted by molar-refractivity contribution is -0.117. The number of hydrogen-bond acceptors (Lipinski definition) is 6. The van der Waals surface area contributed by atoms with Crippen molar-refractivity contribution in [3.63, 3.8) is 0 Å². The van der Waals surface area contributed by atoms with Crippen molar-refractivity contribution in [1.82, 2.24) is 15.5 Å². The first-order valence-corrected chi connectivity index (χ1v) is 9.32. The summed E-state index contributed by atoms with van der Waals surface area (Å²) in [6, 6.07) is 3.99. The van der Waals surface area contributed by atoms with Gasteiger partial charge in [0.15, 0.2) is 17.3 Å². The van der Waals surface area contributed by atoms with Gasteiger partial charge in [-0.2, -0.15) is 13.8 Å². The van der Waals surface area contributed by atoms with E-state index in [1.807, 2.05) is 13.8 Å². The lowest BCUT2D eigenvalue weighted by atomic mass is 10.0. The highest BCUT2D eigenvalue weighted by atomic mass is 19.3. The maximum atomic E-state index is 12.4. The molecule has 1 atom stereocenters. The number of hydrogen-bond donors (Lipinski definition) is 1. The second kappa shape index (κ2) is 9.02. The number of ether oxygens (including phenoxy) is 2. The normalized spacial score (nSPS) is 15.1. The van der Waals surface area contributed by atoms with Crippen LogP contribution in [0.2, 0.25) is 0 Å². The summed E-state index contributed by atoms with van der Waals surface area (Å²) in [5, 5.41) is 6.86. The molecule has 0 spiro atoms. The summed E-state index contributed by atoms with van der Waals surface area (Å²) in [5.41, 5.74) is 0.591. The SMILES string of the molecule is COc1cc(/C=C/C(=O)NC(c2nc(C3CC3)no2)C(C)C)ccc1OC(F)F. The quantitative estimate of drug-likeness (QED) is 0.630. The predicted octanol–water partition coefficient (Wildman–Crippen LogP) is 4.08. The maximum absolute atomic E-state index is 12.4. The number of halogens is 2. The Kier molecular flexibility index (Phi) is 6.46. The van der Waals surface area contributed by atoms with Crippen LogP contribution in [0.25, 0.3) is 6.08 Å². The van der Waals surface area contributed by atoms with Gasteiger partial charge >= 0.3 is 6.61 Å². The van der Waals surface area contributed by atoms with Crippen molar-refractivity contribution < 1.29 is 27.6 Å². The van der Waals surface area contributed by atoms with Crippen molar-refractivity contribution in [1.29, 1.82) is 0 Å². The zero-order valence-electron chi connectivity index (χ0n) is 16.4. The van der Waals surface area contributed by atoms with Crippen molar-refractivity contribution in [2.45, 2.75) is 45.3 Å². The van der Waals surface area contributed by atoms with Crippen LogP contribution in [0.4, 0.5) is 8.78 Å². The standard InChI is InChI=1S/C20H23F2N3O4/c1-11(2)17(19-24-18(25-29-19)13-6-7-13)23-16(26)9-5-12-4-8-14(28-20(21)22)15(10-12)27-3/h4-5,8-11,13,17,20H,6-7H2,1-3H3,(H,23,26)/b9-5+. The Labute approximate surface area is 167 Å². The maximum Gasteiger partial charge on any atom is 0.387 e. The van der Waals surface area contributed by atoms with Crippen LogP contribution in [-0.2, 0) is 4.79 Å². The molecule has 0 aliphatic heterocycles. The van der Waals surface area contributed by atoms with Crippen LogP contribution < -0.4 is 14.8 Å². The minimum absolute atomic E-state index is 0.0470. The van der Waals surface area contributed by atoms with Crippen LogP contribution in [0.3, 0.4) is 0 Å². The molecule has 1 fully saturated rings. The van der Waals surface area contributed by atoms with Gasteiger partial charge < -0.3 is 19.3 Å². The number of aromatic nitrogens is 2. The molecule has 1 heterocycles. The number of nitrogens with one attached hydrogen (secondary N) is 1. The summed E-state index contributed by atoms with van der Waals surface area (Å²) in [5.74, 6) is 1.21. The van der Waals surface area contributed by atoms with Gasteiger partial charge in [-0.05, 0) is 42.5 Å². The average molecular weight is 407 g/mol. The number of benzene rings is 1. The van der Waals surface area contributed by atoms with E-state index < -0.39 is 12.7 Å². The topological polar surface area (TPSA) is 86.5 Å². The molecule has 1 N–H and O–H groups in total. The fourth-order valence-electron chi connectivity index (χ4n) is 2.75. The second-order valence-corrected chi connectivity index (χ2v) is 7.12. The predicted molar refractivity (Wildman–Crippen MR) is 101 cm³/mol. The van der Waals surface area contributed by atoms with Crippen LogP contribution in [-0.4, -0.2) is 29.8 Å². The van der Waals surface area contributed by atoms with Crippen LogP contribution >= 0.6 is 0 Å². The molecule has 1 saturated carbocycles. The van der Waals surface area contributed by atoms with E-state index in [9.17, 15) is 13.6 Å². The number of amides is 1. The van der Waals surface area contributed by atoms with Gasteiger partial charge in [0.2, 0.25) is 11.8 Å². The Morgan fingerprint density at radius 3 is 2.69 bits per heavy atom. The molecule has 2 aromatic rings. The van der Waals surface area contributed by atoms with Crippen LogP contribution in [0.15, 0.2) is 28.8 Å². The molecular weight excluding hydrogens is 384 g/mol. The monoisotopic (exact) mass is 407 g/mol. The Hall–Kier alpha value is -2.97. The summed E-state index contributed by atoms with van der Waals surface area (Å²) >= 11 is 0. The summed E-state index contributed by atoms with van der Waals surface area (Å²) in [4.78, 5) is 16.8. The molecule has 0 bridgehead atoms. The highest BCUT2D eigenvalue weighted by Gasteiger charge is 2.31. The van der Waals surface area contributed by atoms with Gasteiger partial charge in [0, 0.05) is 12.0 Å². The first kappa shape index (κ1) is 20.8. The van der Waals surface area contributed by atoms with E-state index in [0.717, 1.165) is 12.8 Å². The Morgan fingerprint density at radius 1 is 1.31 bits per heavy atom. The van der Waals surface area contributed by atoms with E-state index >= 15 is 0 Å². The van der Waals surface area contributed by atoms with Gasteiger partial charge in [-0.3, -0.25) is 4.79 Å². The third-order valence-electron chi connectivity index (χ3n) is 4.46. The van der Waals surface area contributed by atoms with E-state index in [1.54, 1.807) is 12.1 Å². The van der Waals surface area contributed by atoms with E-state index in [-0.39, 0.29) is 23.3 Å². The molecule has 9 heteroatoms. The van der Waals surface area contributed by atoms with Gasteiger partial charge in [0.25, 0.3) is 0 Å². The minimum Gasteiger partial charge on any atom is -0.493 e. The molecule has 1 amide bonds. The summed E-state index contributed by atoms with van der Waals surface area (Å²) in [7, 11) is 1.35. The van der Waals surface area contributed by atoms with Gasteiger partial charge in [-0.1, -0.05) is 25.1 Å². The van der Waals surface area contributed by atoms with Crippen molar-refractivity contribution in [2.75, 3.05) is 7.11 Å². The fourth-order valence-corrected chi connectivity index (χ4v) is 2.75. The van der Waals surface area contributed by atoms with E-state index in [2.05, 4.69) is 20.2 Å². The number of carbonyl (C=O) groups is 1. The van der Waals surface area contributed by atoms with Crippen molar-refractivity contribution in [3.8, 4) is 11.5 Å². The molecule has 3 rings (SSSR count). The van der Waals surface area contributed by atoms with Crippen molar-refractivity contribution >= 4 is 12.0 Å². The summed E-state index contributed by atoms with van der Waals surface area (Å²) in [6.07, 6.45) is 5.01. The Bertz CT molecular complexity index is 878. The highest BCUT2D eigenvalue weighted by Crippen LogP contribution is 2.38. The van der Waals surface area contributed by atoms with E-state index in [4.69, 9.17) is 9.26 Å². The lowest BCUT2D eigenvalue weighted by Gasteiger charge is -2.17. The fraction of sp³-hybridized carbons (Fsp3) is 0.450. The van der Waals surface area contributed by atoms with Crippen LogP contribution in [0.5, 0.6) is 11.5 Å². The first-order valence-electron chi connectivity index (χ1n) is 9.32. The smallest absolute Gasteiger partial charge is 0.387 e. The first-order chi connectivity index (χ1) is 13.9. The molecule has 1 aliphatic carbocycles. The van der Waals surface area contributed by atoms with Gasteiger partial charge in [-0.25, -0.2) is 0 Å². The Morgan fingerprint density at radius 2 is 2.07 bits per heavy atom. The molecule has 0 radical (unpaired) electrons. The van der Waals surface area contributed by atoms with Crippen molar-refractivity contribution in [2.24, 2.45) is 5.92 Å². The minimum atomic E-state index is -2.95. The Balaban J connectivity index is 1.66. The van der Waals surface area contributed by atoms with Gasteiger partial charge in [0.1, 0.15) is 6.04 Å². The third-order valence-corrected chi connectivity index (χ3v) is 4.46.